The van der Waals surface area contributed by atoms with E-state index in [9.17, 15) is 4.79 Å². The second-order valence-corrected chi connectivity index (χ2v) is 8.13. The van der Waals surface area contributed by atoms with E-state index in [1.165, 1.54) is 12.8 Å². The zero-order valence-corrected chi connectivity index (χ0v) is 16.0. The van der Waals surface area contributed by atoms with Crippen molar-refractivity contribution < 1.29 is 4.79 Å². The summed E-state index contributed by atoms with van der Waals surface area (Å²) in [6.45, 7) is 7.10. The number of aromatic nitrogens is 2. The van der Waals surface area contributed by atoms with Crippen molar-refractivity contribution >= 4 is 22.8 Å². The molecule has 2 aliphatic heterocycles. The number of hydrogen-bond donors (Lipinski definition) is 1. The molecule has 0 spiro atoms. The van der Waals surface area contributed by atoms with Crippen LogP contribution < -0.4 is 10.2 Å². The van der Waals surface area contributed by atoms with Crippen molar-refractivity contribution in [3.05, 3.63) is 24.5 Å². The molecule has 2 aromatic rings. The summed E-state index contributed by atoms with van der Waals surface area (Å²) < 4.78 is 1.64. The lowest BCUT2D eigenvalue weighted by Crippen LogP contribution is -2.52. The highest BCUT2D eigenvalue weighted by atomic mass is 16.2. The number of hydrogen-bond acceptors (Lipinski definition) is 4. The summed E-state index contributed by atoms with van der Waals surface area (Å²) in [5.74, 6) is 0.578. The average Bonchev–Trinajstić information content (AvgIpc) is 3.11. The molecule has 140 valence electrons. The third-order valence-electron chi connectivity index (χ3n) is 5.96. The molecule has 4 rings (SSSR count). The third kappa shape index (κ3) is 3.07. The highest BCUT2D eigenvalue weighted by molar-refractivity contribution is 5.95. The molecule has 0 radical (unpaired) electrons. The van der Waals surface area contributed by atoms with Gasteiger partial charge in [-0.05, 0) is 44.4 Å². The van der Waals surface area contributed by atoms with Crippen molar-refractivity contribution in [1.29, 1.82) is 0 Å². The fourth-order valence-electron chi connectivity index (χ4n) is 4.30. The summed E-state index contributed by atoms with van der Waals surface area (Å²) in [7, 11) is 2.25. The molecule has 1 aromatic heterocycles. The molecule has 2 bridgehead atoms. The van der Waals surface area contributed by atoms with Crippen LogP contribution in [-0.4, -0.2) is 59.2 Å². The van der Waals surface area contributed by atoms with Crippen LogP contribution in [0.5, 0.6) is 0 Å². The van der Waals surface area contributed by atoms with Crippen LogP contribution in [0.4, 0.5) is 10.5 Å². The Balaban J connectivity index is 1.57. The number of likely N-dealkylation sites (N-methyl/N-ethyl adjacent to an activating group) is 1. The number of anilines is 1. The number of piperazine rings is 1. The van der Waals surface area contributed by atoms with Crippen LogP contribution in [0.2, 0.25) is 0 Å². The Kier molecular flexibility index (Phi) is 4.61. The lowest BCUT2D eigenvalue weighted by Gasteiger charge is -2.40. The molecule has 2 fully saturated rings. The van der Waals surface area contributed by atoms with E-state index in [1.807, 2.05) is 12.1 Å². The van der Waals surface area contributed by atoms with Crippen LogP contribution in [0.15, 0.2) is 24.5 Å². The normalized spacial score (nSPS) is 23.2. The van der Waals surface area contributed by atoms with E-state index in [-0.39, 0.29) is 6.03 Å². The molecule has 3 heterocycles. The predicted molar refractivity (Wildman–Crippen MR) is 105 cm³/mol. The number of imidazole rings is 1. The number of carbonyl (C=O) groups excluding carboxylic acids is 1. The third-order valence-corrected chi connectivity index (χ3v) is 5.96. The van der Waals surface area contributed by atoms with Crippen LogP contribution in [0.25, 0.3) is 11.0 Å². The number of nitrogens with zero attached hydrogens (tertiary/aromatic N) is 4. The average molecular weight is 355 g/mol. The van der Waals surface area contributed by atoms with Crippen molar-refractivity contribution in [2.45, 2.75) is 45.2 Å². The van der Waals surface area contributed by atoms with Gasteiger partial charge < -0.3 is 10.2 Å². The zero-order valence-electron chi connectivity index (χ0n) is 16.0. The van der Waals surface area contributed by atoms with Gasteiger partial charge in [0, 0.05) is 31.7 Å². The number of benzene rings is 1. The Labute approximate surface area is 155 Å². The second-order valence-electron chi connectivity index (χ2n) is 8.13. The van der Waals surface area contributed by atoms with E-state index >= 15 is 0 Å². The first-order valence-corrected chi connectivity index (χ1v) is 9.75. The molecule has 6 nitrogen and oxygen atoms in total. The van der Waals surface area contributed by atoms with Crippen LogP contribution in [0, 0.1) is 5.92 Å². The summed E-state index contributed by atoms with van der Waals surface area (Å²) in [4.78, 5) is 22.1. The van der Waals surface area contributed by atoms with Gasteiger partial charge in [-0.3, -0.25) is 9.47 Å². The molecule has 2 aliphatic rings. The van der Waals surface area contributed by atoms with Gasteiger partial charge in [-0.15, -0.1) is 0 Å². The number of amides is 1. The van der Waals surface area contributed by atoms with Gasteiger partial charge in [0.2, 0.25) is 0 Å². The van der Waals surface area contributed by atoms with Gasteiger partial charge in [-0.25, -0.2) is 9.78 Å². The number of nitrogens with one attached hydrogen (secondary N) is 1. The maximum Gasteiger partial charge on any atom is 0.327 e. The summed E-state index contributed by atoms with van der Waals surface area (Å²) in [5, 5.41) is 3.00. The molecule has 2 atom stereocenters. The van der Waals surface area contributed by atoms with Crippen LogP contribution in [0.3, 0.4) is 0 Å². The molecule has 0 saturated carbocycles. The molecule has 0 aliphatic carbocycles. The van der Waals surface area contributed by atoms with Crippen LogP contribution in [0.1, 0.15) is 33.1 Å². The maximum absolute atomic E-state index is 12.5. The Morgan fingerprint density at radius 2 is 2.00 bits per heavy atom. The smallest absolute Gasteiger partial charge is 0.327 e. The summed E-state index contributed by atoms with van der Waals surface area (Å²) in [6, 6.07) is 7.33. The van der Waals surface area contributed by atoms with E-state index in [4.69, 9.17) is 0 Å². The van der Waals surface area contributed by atoms with Gasteiger partial charge in [0.05, 0.1) is 11.2 Å². The minimum absolute atomic E-state index is 0.0938. The molecule has 1 N–H and O–H groups in total. The number of carbonyl (C=O) groups is 1. The lowest BCUT2D eigenvalue weighted by atomic mass is 10.1. The standard InChI is InChI=1S/C20H29N5O/c1-14(2)9-10-21-20(26)25-13-22-19-17(5-4-6-18(19)25)24-11-15-7-8-16(12-24)23(15)3/h4-6,13-16H,7-12H2,1-3H3,(H,21,26). The van der Waals surface area contributed by atoms with Gasteiger partial charge in [0.1, 0.15) is 11.8 Å². The van der Waals surface area contributed by atoms with Gasteiger partial charge in [0.25, 0.3) is 0 Å². The molecule has 1 amide bonds. The van der Waals surface area contributed by atoms with E-state index in [0.717, 1.165) is 36.2 Å². The quantitative estimate of drug-likeness (QED) is 0.916. The topological polar surface area (TPSA) is 53.4 Å². The SMILES string of the molecule is CC(C)CCNC(=O)n1cnc2c(N3CC4CCC(C3)N4C)cccc21. The van der Waals surface area contributed by atoms with Crippen molar-refractivity contribution in [1.82, 2.24) is 19.8 Å². The summed E-state index contributed by atoms with van der Waals surface area (Å²) in [6.07, 6.45) is 5.19. The fraction of sp³-hybridized carbons (Fsp3) is 0.600. The fourth-order valence-corrected chi connectivity index (χ4v) is 4.30. The van der Waals surface area contributed by atoms with Crippen LogP contribution in [-0.2, 0) is 0 Å². The highest BCUT2D eigenvalue weighted by Crippen LogP contribution is 2.34. The van der Waals surface area contributed by atoms with Gasteiger partial charge in [0.15, 0.2) is 0 Å². The first-order chi connectivity index (χ1) is 12.5. The molecular formula is C20H29N5O. The molecule has 2 unspecified atom stereocenters. The lowest BCUT2D eigenvalue weighted by molar-refractivity contribution is 0.212. The minimum atomic E-state index is -0.0938. The molecular weight excluding hydrogens is 326 g/mol. The summed E-state index contributed by atoms with van der Waals surface area (Å²) >= 11 is 0. The zero-order chi connectivity index (χ0) is 18.3. The summed E-state index contributed by atoms with van der Waals surface area (Å²) in [5.41, 5.74) is 2.97. The van der Waals surface area contributed by atoms with Crippen molar-refractivity contribution in [2.24, 2.45) is 5.92 Å². The molecule has 2 saturated heterocycles. The second kappa shape index (κ2) is 6.91. The Hall–Kier alpha value is -2.08. The Morgan fingerprint density at radius 3 is 2.69 bits per heavy atom. The Morgan fingerprint density at radius 1 is 1.27 bits per heavy atom. The first kappa shape index (κ1) is 17.3. The van der Waals surface area contributed by atoms with Crippen LogP contribution >= 0.6 is 0 Å². The predicted octanol–water partition coefficient (Wildman–Crippen LogP) is 2.92. The van der Waals surface area contributed by atoms with Gasteiger partial charge >= 0.3 is 6.03 Å². The van der Waals surface area contributed by atoms with Gasteiger partial charge in [-0.1, -0.05) is 19.9 Å². The molecule has 6 heteroatoms. The largest absolute Gasteiger partial charge is 0.367 e. The van der Waals surface area contributed by atoms with Gasteiger partial charge in [-0.2, -0.15) is 0 Å². The van der Waals surface area contributed by atoms with E-state index in [0.29, 0.717) is 24.5 Å². The highest BCUT2D eigenvalue weighted by Gasteiger charge is 2.38. The van der Waals surface area contributed by atoms with E-state index < -0.39 is 0 Å². The number of rotatable bonds is 4. The Bertz CT molecular complexity index is 785. The minimum Gasteiger partial charge on any atom is -0.367 e. The monoisotopic (exact) mass is 355 g/mol. The molecule has 1 aromatic carbocycles. The van der Waals surface area contributed by atoms with Crippen molar-refractivity contribution in [2.75, 3.05) is 31.6 Å². The van der Waals surface area contributed by atoms with E-state index in [1.54, 1.807) is 10.9 Å². The molecule has 26 heavy (non-hydrogen) atoms. The number of para-hydroxylation sites is 1. The van der Waals surface area contributed by atoms with E-state index in [2.05, 4.69) is 47.1 Å². The van der Waals surface area contributed by atoms with Crippen molar-refractivity contribution in [3.63, 3.8) is 0 Å². The first-order valence-electron chi connectivity index (χ1n) is 9.75. The number of fused-ring (bicyclic) bond motifs is 3. The maximum atomic E-state index is 12.5. The van der Waals surface area contributed by atoms with Crippen molar-refractivity contribution in [3.8, 4) is 0 Å².